The second-order valence-electron chi connectivity index (χ2n) is 3.54. The van der Waals surface area contributed by atoms with Crippen molar-refractivity contribution in [3.05, 3.63) is 46.5 Å². The zero-order valence-corrected chi connectivity index (χ0v) is 9.78. The number of pyridine rings is 1. The number of nitro groups is 1. The highest BCUT2D eigenvalue weighted by Crippen LogP contribution is 2.28. The fourth-order valence-electron chi connectivity index (χ4n) is 1.48. The molecule has 2 aromatic rings. The zero-order chi connectivity index (χ0) is 13.7. The number of hydrogen-bond acceptors (Lipinski definition) is 8. The van der Waals surface area contributed by atoms with Gasteiger partial charge in [0.25, 0.3) is 0 Å². The lowest BCUT2D eigenvalue weighted by Gasteiger charge is -2.07. The molecule has 0 amide bonds. The molecule has 2 rings (SSSR count). The average molecular weight is 261 g/mol. The van der Waals surface area contributed by atoms with Gasteiger partial charge in [-0.2, -0.15) is 0 Å². The van der Waals surface area contributed by atoms with E-state index in [1.807, 2.05) is 6.07 Å². The Morgan fingerprint density at radius 3 is 2.79 bits per heavy atom. The minimum absolute atomic E-state index is 0.0475. The van der Waals surface area contributed by atoms with Crippen molar-refractivity contribution in [1.29, 1.82) is 0 Å². The van der Waals surface area contributed by atoms with Gasteiger partial charge in [0.1, 0.15) is 6.33 Å². The molecule has 9 nitrogen and oxygen atoms in total. The smallest absolute Gasteiger partial charge is 0.354 e. The first-order chi connectivity index (χ1) is 9.22. The summed E-state index contributed by atoms with van der Waals surface area (Å²) in [4.78, 5) is 21.9. The molecule has 98 valence electrons. The van der Waals surface area contributed by atoms with Crippen molar-refractivity contribution in [3.63, 3.8) is 0 Å². The molecular weight excluding hydrogens is 250 g/mol. The highest BCUT2D eigenvalue weighted by molar-refractivity contribution is 5.68. The van der Waals surface area contributed by atoms with E-state index in [-0.39, 0.29) is 17.3 Å². The molecule has 0 aliphatic heterocycles. The van der Waals surface area contributed by atoms with Crippen molar-refractivity contribution in [3.8, 4) is 0 Å². The Labute approximate surface area is 108 Å². The molecule has 0 aliphatic carbocycles. The Morgan fingerprint density at radius 1 is 1.37 bits per heavy atom. The summed E-state index contributed by atoms with van der Waals surface area (Å²) < 4.78 is 0. The van der Waals surface area contributed by atoms with Crippen LogP contribution in [0.25, 0.3) is 0 Å². The van der Waals surface area contributed by atoms with Gasteiger partial charge in [-0.25, -0.2) is 15.8 Å². The second-order valence-corrected chi connectivity index (χ2v) is 3.54. The number of nitrogens with two attached hydrogens (primary N) is 1. The highest BCUT2D eigenvalue weighted by Gasteiger charge is 2.21. The molecule has 0 unspecified atom stereocenters. The Kier molecular flexibility index (Phi) is 3.78. The standard InChI is InChI=1S/C10H11N7O2/c11-16-10-8(17(18)19)9(14-6-15-10)13-5-7-2-1-3-12-4-7/h1-4,6H,5,11H2,(H2,13,14,15,16). The molecule has 0 aliphatic rings. The van der Waals surface area contributed by atoms with E-state index in [9.17, 15) is 10.1 Å². The van der Waals surface area contributed by atoms with Crippen LogP contribution in [-0.2, 0) is 6.54 Å². The normalized spacial score (nSPS) is 9.95. The summed E-state index contributed by atoms with van der Waals surface area (Å²) in [6, 6.07) is 3.62. The Hall–Kier alpha value is -2.81. The van der Waals surface area contributed by atoms with Crippen LogP contribution in [0.15, 0.2) is 30.9 Å². The van der Waals surface area contributed by atoms with Crippen molar-refractivity contribution in [2.75, 3.05) is 10.7 Å². The van der Waals surface area contributed by atoms with Crippen LogP contribution in [-0.4, -0.2) is 19.9 Å². The number of nitrogen functional groups attached to an aromatic ring is 1. The monoisotopic (exact) mass is 261 g/mol. The predicted octanol–water partition coefficient (Wildman–Crippen LogP) is 0.677. The number of nitrogens with one attached hydrogen (secondary N) is 2. The maximum atomic E-state index is 11.0. The van der Waals surface area contributed by atoms with Gasteiger partial charge in [0.15, 0.2) is 0 Å². The van der Waals surface area contributed by atoms with Gasteiger partial charge in [-0.1, -0.05) is 6.07 Å². The van der Waals surface area contributed by atoms with E-state index in [2.05, 4.69) is 25.7 Å². The van der Waals surface area contributed by atoms with Crippen molar-refractivity contribution in [1.82, 2.24) is 15.0 Å². The van der Waals surface area contributed by atoms with E-state index in [1.54, 1.807) is 18.5 Å². The van der Waals surface area contributed by atoms with Crippen LogP contribution in [0.3, 0.4) is 0 Å². The third kappa shape index (κ3) is 2.90. The number of hydrazine groups is 1. The summed E-state index contributed by atoms with van der Waals surface area (Å²) in [5, 5.41) is 13.8. The van der Waals surface area contributed by atoms with E-state index < -0.39 is 4.92 Å². The van der Waals surface area contributed by atoms with E-state index in [1.165, 1.54) is 6.33 Å². The van der Waals surface area contributed by atoms with Crippen molar-refractivity contribution < 1.29 is 4.92 Å². The molecule has 0 saturated heterocycles. The third-order valence-electron chi connectivity index (χ3n) is 2.32. The van der Waals surface area contributed by atoms with E-state index >= 15 is 0 Å². The SMILES string of the molecule is NNc1ncnc(NCc2cccnc2)c1[N+](=O)[O-]. The van der Waals surface area contributed by atoms with Crippen LogP contribution >= 0.6 is 0 Å². The second kappa shape index (κ2) is 5.69. The number of aromatic nitrogens is 3. The lowest BCUT2D eigenvalue weighted by molar-refractivity contribution is -0.383. The van der Waals surface area contributed by atoms with Gasteiger partial charge in [0.2, 0.25) is 11.6 Å². The first-order valence-corrected chi connectivity index (χ1v) is 5.31. The maximum Gasteiger partial charge on any atom is 0.354 e. The minimum atomic E-state index is -0.596. The molecule has 2 aromatic heterocycles. The quantitative estimate of drug-likeness (QED) is 0.406. The van der Waals surface area contributed by atoms with Gasteiger partial charge in [0.05, 0.1) is 4.92 Å². The lowest BCUT2D eigenvalue weighted by atomic mass is 10.3. The number of rotatable bonds is 5. The van der Waals surface area contributed by atoms with Crippen LogP contribution in [0.1, 0.15) is 5.56 Å². The van der Waals surface area contributed by atoms with Gasteiger partial charge in [-0.05, 0) is 11.6 Å². The number of nitrogens with zero attached hydrogens (tertiary/aromatic N) is 4. The highest BCUT2D eigenvalue weighted by atomic mass is 16.6. The van der Waals surface area contributed by atoms with Gasteiger partial charge >= 0.3 is 5.69 Å². The molecule has 0 spiro atoms. The first kappa shape index (κ1) is 12.6. The maximum absolute atomic E-state index is 11.0. The summed E-state index contributed by atoms with van der Waals surface area (Å²) in [7, 11) is 0. The Bertz CT molecular complexity index is 575. The topological polar surface area (TPSA) is 132 Å². The van der Waals surface area contributed by atoms with Gasteiger partial charge < -0.3 is 10.7 Å². The van der Waals surface area contributed by atoms with Crippen LogP contribution in [0.2, 0.25) is 0 Å². The fourth-order valence-corrected chi connectivity index (χ4v) is 1.48. The summed E-state index contributed by atoms with van der Waals surface area (Å²) >= 11 is 0. The molecule has 0 atom stereocenters. The molecule has 0 fully saturated rings. The fraction of sp³-hybridized carbons (Fsp3) is 0.100. The number of hydrogen-bond donors (Lipinski definition) is 3. The molecule has 9 heteroatoms. The van der Waals surface area contributed by atoms with Gasteiger partial charge in [-0.3, -0.25) is 15.1 Å². The molecule has 2 heterocycles. The van der Waals surface area contributed by atoms with Crippen molar-refractivity contribution >= 4 is 17.3 Å². The molecule has 0 bridgehead atoms. The number of anilines is 2. The summed E-state index contributed by atoms with van der Waals surface area (Å²) in [6.07, 6.45) is 4.49. The van der Waals surface area contributed by atoms with E-state index in [0.29, 0.717) is 6.54 Å². The zero-order valence-electron chi connectivity index (χ0n) is 9.78. The summed E-state index contributed by atoms with van der Waals surface area (Å²) in [5.74, 6) is 5.23. The third-order valence-corrected chi connectivity index (χ3v) is 2.32. The van der Waals surface area contributed by atoms with Gasteiger partial charge in [0, 0.05) is 18.9 Å². The van der Waals surface area contributed by atoms with E-state index in [0.717, 1.165) is 5.56 Å². The van der Waals surface area contributed by atoms with Gasteiger partial charge in [-0.15, -0.1) is 0 Å². The minimum Gasteiger partial charge on any atom is -0.360 e. The Balaban J connectivity index is 2.23. The lowest BCUT2D eigenvalue weighted by Crippen LogP contribution is -2.13. The molecule has 19 heavy (non-hydrogen) atoms. The first-order valence-electron chi connectivity index (χ1n) is 5.31. The van der Waals surface area contributed by atoms with Crippen LogP contribution in [0, 0.1) is 10.1 Å². The molecule has 4 N–H and O–H groups in total. The Morgan fingerprint density at radius 2 is 2.16 bits per heavy atom. The molecule has 0 radical (unpaired) electrons. The van der Waals surface area contributed by atoms with E-state index in [4.69, 9.17) is 5.84 Å². The molecular formula is C10H11N7O2. The average Bonchev–Trinajstić information content (AvgIpc) is 2.45. The molecule has 0 saturated carbocycles. The summed E-state index contributed by atoms with van der Waals surface area (Å²) in [5.41, 5.74) is 2.75. The van der Waals surface area contributed by atoms with Crippen LogP contribution in [0.4, 0.5) is 17.3 Å². The van der Waals surface area contributed by atoms with Crippen LogP contribution < -0.4 is 16.6 Å². The predicted molar refractivity (Wildman–Crippen MR) is 68.1 cm³/mol. The largest absolute Gasteiger partial charge is 0.360 e. The van der Waals surface area contributed by atoms with Crippen molar-refractivity contribution in [2.45, 2.75) is 6.54 Å². The molecule has 0 aromatic carbocycles. The summed E-state index contributed by atoms with van der Waals surface area (Å²) in [6.45, 7) is 0.357. The van der Waals surface area contributed by atoms with Crippen LogP contribution in [0.5, 0.6) is 0 Å². The van der Waals surface area contributed by atoms with Crippen molar-refractivity contribution in [2.24, 2.45) is 5.84 Å².